The van der Waals surface area contributed by atoms with Gasteiger partial charge in [0.15, 0.2) is 0 Å². The molecule has 0 fully saturated rings. The number of benzene rings is 2. The van der Waals surface area contributed by atoms with Crippen molar-refractivity contribution < 1.29 is 9.53 Å². The second-order valence-corrected chi connectivity index (χ2v) is 5.63. The number of carbonyl (C=O) groups is 1. The van der Waals surface area contributed by atoms with E-state index >= 15 is 0 Å². The minimum absolute atomic E-state index is 0. The minimum atomic E-state index is 0. The largest absolute Gasteiger partial charge is 0.490 e. The highest BCUT2D eigenvalue weighted by atomic mass is 35.5. The molecule has 2 aromatic rings. The second-order valence-electron chi connectivity index (χ2n) is 5.63. The maximum Gasteiger partial charge on any atom is 0.258 e. The Bertz CT molecular complexity index is 733. The van der Waals surface area contributed by atoms with Crippen LogP contribution in [0.5, 0.6) is 5.75 Å². The van der Waals surface area contributed by atoms with Gasteiger partial charge in [-0.15, -0.1) is 12.4 Å². The summed E-state index contributed by atoms with van der Waals surface area (Å²) >= 11 is 0. The maximum absolute atomic E-state index is 13.1. The maximum atomic E-state index is 13.1. The molecule has 0 saturated heterocycles. The Kier molecular flexibility index (Phi) is 4.44. The van der Waals surface area contributed by atoms with Crippen LogP contribution in [0.1, 0.15) is 22.3 Å². The summed E-state index contributed by atoms with van der Waals surface area (Å²) in [4.78, 5) is 14.9. The minimum Gasteiger partial charge on any atom is -0.490 e. The summed E-state index contributed by atoms with van der Waals surface area (Å²) in [6.07, 6.45) is 2.02. The summed E-state index contributed by atoms with van der Waals surface area (Å²) in [6, 6.07) is 13.7. The van der Waals surface area contributed by atoms with Crippen molar-refractivity contribution in [1.29, 1.82) is 0 Å². The Morgan fingerprint density at radius 2 is 2.00 bits per heavy atom. The molecule has 0 spiro atoms. The summed E-state index contributed by atoms with van der Waals surface area (Å²) < 4.78 is 5.65. The summed E-state index contributed by atoms with van der Waals surface area (Å²) in [5.74, 6) is 0.848. The number of para-hydroxylation sites is 2. The number of rotatable bonds is 1. The lowest BCUT2D eigenvalue weighted by Gasteiger charge is -2.31. The first kappa shape index (κ1) is 15.7. The van der Waals surface area contributed by atoms with E-state index in [9.17, 15) is 4.79 Å². The van der Waals surface area contributed by atoms with E-state index in [1.165, 1.54) is 0 Å². The van der Waals surface area contributed by atoms with E-state index in [0.717, 1.165) is 47.6 Å². The van der Waals surface area contributed by atoms with Gasteiger partial charge in [0.2, 0.25) is 0 Å². The number of carbonyl (C=O) groups excluding carboxylic acids is 1. The number of nitrogens with zero attached hydrogens (tertiary/aromatic N) is 1. The molecule has 4 rings (SSSR count). The average molecular weight is 331 g/mol. The molecule has 2 aliphatic rings. The highest BCUT2D eigenvalue weighted by Crippen LogP contribution is 2.33. The molecule has 0 unspecified atom stereocenters. The molecule has 2 aliphatic heterocycles. The second kappa shape index (κ2) is 6.50. The van der Waals surface area contributed by atoms with E-state index in [4.69, 9.17) is 4.74 Å². The van der Waals surface area contributed by atoms with Gasteiger partial charge in [0.1, 0.15) is 12.4 Å². The van der Waals surface area contributed by atoms with Crippen molar-refractivity contribution in [2.45, 2.75) is 12.8 Å². The van der Waals surface area contributed by atoms with Gasteiger partial charge in [-0.2, -0.15) is 0 Å². The van der Waals surface area contributed by atoms with Crippen molar-refractivity contribution in [2.75, 3.05) is 29.9 Å². The van der Waals surface area contributed by atoms with Crippen LogP contribution in [0.25, 0.3) is 0 Å². The van der Waals surface area contributed by atoms with Gasteiger partial charge in [0, 0.05) is 17.8 Å². The van der Waals surface area contributed by atoms with Gasteiger partial charge in [-0.3, -0.25) is 4.79 Å². The SMILES string of the molecule is Cl.O=C(c1cccc2c1CCCN2)N1CCOc2ccccc21. The van der Waals surface area contributed by atoms with E-state index in [-0.39, 0.29) is 18.3 Å². The standard InChI is InChI=1S/C18H18N2O2.ClH/c21-18(14-5-3-7-15-13(14)6-4-10-19-15)20-11-12-22-17-9-2-1-8-16(17)20;/h1-3,5,7-9,19H,4,6,10-12H2;1H. The van der Waals surface area contributed by atoms with E-state index in [1.54, 1.807) is 0 Å². The normalized spacial score (nSPS) is 15.4. The lowest BCUT2D eigenvalue weighted by molar-refractivity contribution is 0.0975. The van der Waals surface area contributed by atoms with Gasteiger partial charge in [-0.05, 0) is 42.7 Å². The van der Waals surface area contributed by atoms with E-state index in [1.807, 2.05) is 41.3 Å². The average Bonchev–Trinajstić information content (AvgIpc) is 2.60. The van der Waals surface area contributed by atoms with Crippen LogP contribution in [0.2, 0.25) is 0 Å². The van der Waals surface area contributed by atoms with E-state index in [2.05, 4.69) is 11.4 Å². The van der Waals surface area contributed by atoms with Gasteiger partial charge in [-0.25, -0.2) is 0 Å². The monoisotopic (exact) mass is 330 g/mol. The van der Waals surface area contributed by atoms with Crippen molar-refractivity contribution >= 4 is 29.7 Å². The van der Waals surface area contributed by atoms with Gasteiger partial charge in [0.25, 0.3) is 5.91 Å². The van der Waals surface area contributed by atoms with Crippen molar-refractivity contribution in [2.24, 2.45) is 0 Å². The fourth-order valence-corrected chi connectivity index (χ4v) is 3.24. The van der Waals surface area contributed by atoms with Crippen LogP contribution < -0.4 is 15.0 Å². The predicted molar refractivity (Wildman–Crippen MR) is 94.1 cm³/mol. The molecule has 0 aromatic heterocycles. The van der Waals surface area contributed by atoms with Crippen LogP contribution in [-0.4, -0.2) is 25.6 Å². The highest BCUT2D eigenvalue weighted by Gasteiger charge is 2.27. The third-order valence-electron chi connectivity index (χ3n) is 4.30. The zero-order valence-corrected chi connectivity index (χ0v) is 13.6. The summed E-state index contributed by atoms with van der Waals surface area (Å²) in [7, 11) is 0. The van der Waals surface area contributed by atoms with Crippen molar-refractivity contribution in [3.63, 3.8) is 0 Å². The smallest absolute Gasteiger partial charge is 0.258 e. The molecule has 0 atom stereocenters. The fourth-order valence-electron chi connectivity index (χ4n) is 3.24. The zero-order chi connectivity index (χ0) is 14.9. The molecule has 2 aromatic carbocycles. The van der Waals surface area contributed by atoms with Crippen LogP contribution in [0.15, 0.2) is 42.5 Å². The van der Waals surface area contributed by atoms with E-state index in [0.29, 0.717) is 13.2 Å². The number of fused-ring (bicyclic) bond motifs is 2. The third kappa shape index (κ3) is 2.75. The molecule has 5 heteroatoms. The molecule has 0 bridgehead atoms. The molecular formula is C18H19ClN2O2. The molecule has 4 nitrogen and oxygen atoms in total. The number of anilines is 2. The number of hydrogen-bond acceptors (Lipinski definition) is 3. The summed E-state index contributed by atoms with van der Waals surface area (Å²) in [6.45, 7) is 2.11. The molecule has 0 radical (unpaired) electrons. The van der Waals surface area contributed by atoms with Crippen LogP contribution in [0.3, 0.4) is 0 Å². The Balaban J connectivity index is 0.00000156. The lowest BCUT2D eigenvalue weighted by Crippen LogP contribution is -2.38. The quantitative estimate of drug-likeness (QED) is 0.870. The Morgan fingerprint density at radius 1 is 1.13 bits per heavy atom. The first-order valence-electron chi connectivity index (χ1n) is 7.74. The van der Waals surface area contributed by atoms with Gasteiger partial charge in [-0.1, -0.05) is 18.2 Å². The van der Waals surface area contributed by atoms with Crippen molar-refractivity contribution in [3.05, 3.63) is 53.6 Å². The van der Waals surface area contributed by atoms with Gasteiger partial charge >= 0.3 is 0 Å². The number of hydrogen-bond donors (Lipinski definition) is 1. The molecule has 120 valence electrons. The summed E-state index contributed by atoms with van der Waals surface area (Å²) in [5.41, 5.74) is 3.91. The number of halogens is 1. The van der Waals surface area contributed by atoms with Crippen LogP contribution >= 0.6 is 12.4 Å². The highest BCUT2D eigenvalue weighted by molar-refractivity contribution is 6.08. The van der Waals surface area contributed by atoms with Crippen molar-refractivity contribution in [1.82, 2.24) is 0 Å². The van der Waals surface area contributed by atoms with E-state index < -0.39 is 0 Å². The lowest BCUT2D eigenvalue weighted by atomic mass is 9.96. The molecular weight excluding hydrogens is 312 g/mol. The zero-order valence-electron chi connectivity index (χ0n) is 12.7. The Hall–Kier alpha value is -2.20. The summed E-state index contributed by atoms with van der Waals surface area (Å²) in [5, 5.41) is 3.38. The third-order valence-corrected chi connectivity index (χ3v) is 4.30. The first-order chi connectivity index (χ1) is 10.8. The predicted octanol–water partition coefficient (Wildman–Crippen LogP) is 3.51. The topological polar surface area (TPSA) is 41.6 Å². The molecule has 1 amide bonds. The number of nitrogens with one attached hydrogen (secondary N) is 1. The fraction of sp³-hybridized carbons (Fsp3) is 0.278. The van der Waals surface area contributed by atoms with Crippen LogP contribution in [-0.2, 0) is 6.42 Å². The molecule has 0 aliphatic carbocycles. The first-order valence-corrected chi connectivity index (χ1v) is 7.74. The Labute approximate surface area is 141 Å². The molecule has 1 N–H and O–H groups in total. The number of amides is 1. The van der Waals surface area contributed by atoms with Crippen LogP contribution in [0, 0.1) is 0 Å². The molecule has 2 heterocycles. The Morgan fingerprint density at radius 3 is 2.91 bits per heavy atom. The molecule has 0 saturated carbocycles. The van der Waals surface area contributed by atoms with Gasteiger partial charge < -0.3 is 15.0 Å². The van der Waals surface area contributed by atoms with Gasteiger partial charge in [0.05, 0.1) is 12.2 Å². The number of ether oxygens (including phenoxy) is 1. The van der Waals surface area contributed by atoms with Crippen LogP contribution in [0.4, 0.5) is 11.4 Å². The molecule has 23 heavy (non-hydrogen) atoms. The van der Waals surface area contributed by atoms with Crippen molar-refractivity contribution in [3.8, 4) is 5.75 Å².